The van der Waals surface area contributed by atoms with E-state index in [0.717, 1.165) is 26.1 Å². The molecule has 1 saturated heterocycles. The summed E-state index contributed by atoms with van der Waals surface area (Å²) >= 11 is 0. The van der Waals surface area contributed by atoms with Gasteiger partial charge in [0.1, 0.15) is 0 Å². The molecule has 2 aromatic rings. The van der Waals surface area contributed by atoms with Crippen LogP contribution in [0.3, 0.4) is 0 Å². The van der Waals surface area contributed by atoms with Crippen molar-refractivity contribution in [2.45, 2.75) is 39.3 Å². The number of hydrogen-bond donors (Lipinski definition) is 2. The SMILES string of the molecule is CCN(CC(=O)Nc1cccc(NC(C)=O)c1)C1CCN(C(C)c2ccccc2)C1. The predicted octanol–water partition coefficient (Wildman–Crippen LogP) is 3.74. The van der Waals surface area contributed by atoms with E-state index in [-0.39, 0.29) is 11.8 Å². The Morgan fingerprint density at radius 2 is 1.80 bits per heavy atom. The molecule has 1 heterocycles. The average Bonchev–Trinajstić information content (AvgIpc) is 3.22. The van der Waals surface area contributed by atoms with E-state index >= 15 is 0 Å². The second kappa shape index (κ2) is 10.4. The molecule has 2 aromatic carbocycles. The lowest BCUT2D eigenvalue weighted by Crippen LogP contribution is -2.42. The highest BCUT2D eigenvalue weighted by molar-refractivity contribution is 5.94. The minimum atomic E-state index is -0.133. The number of carbonyl (C=O) groups is 2. The molecule has 1 fully saturated rings. The van der Waals surface area contributed by atoms with Gasteiger partial charge in [-0.2, -0.15) is 0 Å². The molecule has 2 amide bonds. The molecule has 0 spiro atoms. The van der Waals surface area contributed by atoms with Crippen molar-refractivity contribution in [1.82, 2.24) is 9.80 Å². The van der Waals surface area contributed by atoms with Crippen molar-refractivity contribution in [1.29, 1.82) is 0 Å². The summed E-state index contributed by atoms with van der Waals surface area (Å²) in [6.07, 6.45) is 1.07. The third kappa shape index (κ3) is 5.90. The van der Waals surface area contributed by atoms with Gasteiger partial charge in [-0.1, -0.05) is 43.3 Å². The standard InChI is InChI=1S/C24H32N4O2/c1-4-27(17-24(30)26-22-12-8-11-21(15-22)25-19(3)29)23-13-14-28(16-23)18(2)20-9-6-5-7-10-20/h5-12,15,18,23H,4,13-14,16-17H2,1-3H3,(H,25,29)(H,26,30). The van der Waals surface area contributed by atoms with Crippen molar-refractivity contribution >= 4 is 23.2 Å². The van der Waals surface area contributed by atoms with Gasteiger partial charge in [0.05, 0.1) is 6.54 Å². The van der Waals surface area contributed by atoms with E-state index < -0.39 is 0 Å². The van der Waals surface area contributed by atoms with Crippen LogP contribution in [0, 0.1) is 0 Å². The summed E-state index contributed by atoms with van der Waals surface area (Å²) in [4.78, 5) is 28.6. The summed E-state index contributed by atoms with van der Waals surface area (Å²) in [7, 11) is 0. The molecule has 30 heavy (non-hydrogen) atoms. The van der Waals surface area contributed by atoms with Gasteiger partial charge in [-0.15, -0.1) is 0 Å². The Morgan fingerprint density at radius 1 is 1.10 bits per heavy atom. The van der Waals surface area contributed by atoms with Crippen LogP contribution in [0.15, 0.2) is 54.6 Å². The fraction of sp³-hybridized carbons (Fsp3) is 0.417. The highest BCUT2D eigenvalue weighted by Gasteiger charge is 2.30. The molecule has 0 saturated carbocycles. The first kappa shape index (κ1) is 22.0. The number of benzene rings is 2. The van der Waals surface area contributed by atoms with Gasteiger partial charge in [-0.25, -0.2) is 0 Å². The minimum absolute atomic E-state index is 0.0358. The van der Waals surface area contributed by atoms with Crippen LogP contribution in [0.2, 0.25) is 0 Å². The number of likely N-dealkylation sites (tertiary alicyclic amines) is 1. The maximum absolute atomic E-state index is 12.7. The zero-order valence-electron chi connectivity index (χ0n) is 18.1. The van der Waals surface area contributed by atoms with Crippen LogP contribution < -0.4 is 10.6 Å². The zero-order valence-corrected chi connectivity index (χ0v) is 18.1. The van der Waals surface area contributed by atoms with Crippen LogP contribution in [-0.4, -0.2) is 53.8 Å². The molecule has 160 valence electrons. The predicted molar refractivity (Wildman–Crippen MR) is 121 cm³/mol. The van der Waals surface area contributed by atoms with E-state index in [1.54, 1.807) is 12.1 Å². The number of anilines is 2. The van der Waals surface area contributed by atoms with Crippen molar-refractivity contribution in [3.05, 3.63) is 60.2 Å². The van der Waals surface area contributed by atoms with Gasteiger partial charge in [0.25, 0.3) is 0 Å². The fourth-order valence-electron chi connectivity index (χ4n) is 4.12. The molecule has 0 aromatic heterocycles. The average molecular weight is 409 g/mol. The van der Waals surface area contributed by atoms with E-state index in [0.29, 0.717) is 30.0 Å². The number of likely N-dealkylation sites (N-methyl/N-ethyl adjacent to an activating group) is 1. The van der Waals surface area contributed by atoms with Crippen molar-refractivity contribution < 1.29 is 9.59 Å². The van der Waals surface area contributed by atoms with Crippen molar-refractivity contribution in [2.24, 2.45) is 0 Å². The molecule has 1 aliphatic heterocycles. The molecule has 6 heteroatoms. The molecular formula is C24H32N4O2. The molecule has 0 radical (unpaired) electrons. The fourth-order valence-corrected chi connectivity index (χ4v) is 4.12. The number of carbonyl (C=O) groups excluding carboxylic acids is 2. The molecule has 2 N–H and O–H groups in total. The summed E-state index contributed by atoms with van der Waals surface area (Å²) in [5.74, 6) is -0.169. The first-order valence-electron chi connectivity index (χ1n) is 10.7. The highest BCUT2D eigenvalue weighted by Crippen LogP contribution is 2.26. The van der Waals surface area contributed by atoms with Crippen LogP contribution in [0.1, 0.15) is 38.8 Å². The topological polar surface area (TPSA) is 64.7 Å². The van der Waals surface area contributed by atoms with E-state index in [9.17, 15) is 9.59 Å². The second-order valence-corrected chi connectivity index (χ2v) is 7.90. The number of nitrogens with zero attached hydrogens (tertiary/aromatic N) is 2. The Labute approximate surface area is 179 Å². The Morgan fingerprint density at radius 3 is 2.47 bits per heavy atom. The molecule has 3 rings (SSSR count). The molecule has 2 atom stereocenters. The van der Waals surface area contributed by atoms with Gasteiger partial charge in [0.2, 0.25) is 11.8 Å². The van der Waals surface area contributed by atoms with Crippen LogP contribution in [0.4, 0.5) is 11.4 Å². The van der Waals surface area contributed by atoms with Gasteiger partial charge in [-0.05, 0) is 43.7 Å². The third-order valence-electron chi connectivity index (χ3n) is 5.76. The lowest BCUT2D eigenvalue weighted by molar-refractivity contribution is -0.117. The smallest absolute Gasteiger partial charge is 0.238 e. The van der Waals surface area contributed by atoms with Crippen molar-refractivity contribution in [3.8, 4) is 0 Å². The molecule has 1 aliphatic rings. The van der Waals surface area contributed by atoms with Gasteiger partial charge in [0, 0.05) is 43.5 Å². The summed E-state index contributed by atoms with van der Waals surface area (Å²) in [6, 6.07) is 18.5. The van der Waals surface area contributed by atoms with Crippen molar-refractivity contribution in [2.75, 3.05) is 36.8 Å². The van der Waals surface area contributed by atoms with Crippen LogP contribution in [-0.2, 0) is 9.59 Å². The Hall–Kier alpha value is -2.70. The number of amides is 2. The summed E-state index contributed by atoms with van der Waals surface area (Å²) in [5, 5.41) is 5.70. The summed E-state index contributed by atoms with van der Waals surface area (Å²) < 4.78 is 0. The van der Waals surface area contributed by atoms with Crippen LogP contribution >= 0.6 is 0 Å². The largest absolute Gasteiger partial charge is 0.326 e. The van der Waals surface area contributed by atoms with Gasteiger partial charge in [-0.3, -0.25) is 19.4 Å². The van der Waals surface area contributed by atoms with Gasteiger partial charge >= 0.3 is 0 Å². The monoisotopic (exact) mass is 408 g/mol. The summed E-state index contributed by atoms with van der Waals surface area (Å²) in [6.45, 7) is 9.02. The van der Waals surface area contributed by atoms with E-state index in [1.165, 1.54) is 12.5 Å². The molecule has 6 nitrogen and oxygen atoms in total. The van der Waals surface area contributed by atoms with E-state index in [1.807, 2.05) is 18.2 Å². The van der Waals surface area contributed by atoms with Crippen molar-refractivity contribution in [3.63, 3.8) is 0 Å². The zero-order chi connectivity index (χ0) is 21.5. The maximum atomic E-state index is 12.7. The lowest BCUT2D eigenvalue weighted by atomic mass is 10.1. The quantitative estimate of drug-likeness (QED) is 0.698. The molecule has 0 aliphatic carbocycles. The lowest BCUT2D eigenvalue weighted by Gasteiger charge is -2.29. The van der Waals surface area contributed by atoms with Crippen LogP contribution in [0.25, 0.3) is 0 Å². The normalized spacial score (nSPS) is 17.7. The van der Waals surface area contributed by atoms with E-state index in [4.69, 9.17) is 0 Å². The molecule has 2 unspecified atom stereocenters. The highest BCUT2D eigenvalue weighted by atomic mass is 16.2. The first-order chi connectivity index (χ1) is 14.5. The van der Waals surface area contributed by atoms with Crippen LogP contribution in [0.5, 0.6) is 0 Å². The number of hydrogen-bond acceptors (Lipinski definition) is 4. The second-order valence-electron chi connectivity index (χ2n) is 7.90. The van der Waals surface area contributed by atoms with Gasteiger partial charge < -0.3 is 10.6 Å². The molecule has 0 bridgehead atoms. The first-order valence-corrected chi connectivity index (χ1v) is 10.7. The number of rotatable bonds is 8. The minimum Gasteiger partial charge on any atom is -0.326 e. The van der Waals surface area contributed by atoms with E-state index in [2.05, 4.69) is 58.5 Å². The number of nitrogens with one attached hydrogen (secondary N) is 2. The summed E-state index contributed by atoms with van der Waals surface area (Å²) in [5.41, 5.74) is 2.69. The van der Waals surface area contributed by atoms with Gasteiger partial charge in [0.15, 0.2) is 0 Å². The third-order valence-corrected chi connectivity index (χ3v) is 5.76. The Bertz CT molecular complexity index is 855. The Kier molecular flexibility index (Phi) is 7.60. The maximum Gasteiger partial charge on any atom is 0.238 e. The Balaban J connectivity index is 1.55. The molecular weight excluding hydrogens is 376 g/mol.